The third kappa shape index (κ3) is 6.93. The summed E-state index contributed by atoms with van der Waals surface area (Å²) in [6.07, 6.45) is -5.91. The van der Waals surface area contributed by atoms with Crippen LogP contribution < -0.4 is 5.32 Å². The molecule has 0 saturated carbocycles. The predicted molar refractivity (Wildman–Crippen MR) is 129 cm³/mol. The van der Waals surface area contributed by atoms with Gasteiger partial charge in [-0.15, -0.1) is 0 Å². The largest absolute Gasteiger partial charge is 0.423 e. The van der Waals surface area contributed by atoms with E-state index in [0.717, 1.165) is 4.90 Å². The second-order valence-electron chi connectivity index (χ2n) is 9.05. The number of nitrogens with zero attached hydrogens (tertiary/aromatic N) is 1. The third-order valence-corrected chi connectivity index (χ3v) is 6.02. The maximum absolute atomic E-state index is 14.8. The number of benzene rings is 2. The summed E-state index contributed by atoms with van der Waals surface area (Å²) in [5.41, 5.74) is 1.61. The van der Waals surface area contributed by atoms with Gasteiger partial charge in [0.2, 0.25) is 11.8 Å². The summed E-state index contributed by atoms with van der Waals surface area (Å²) in [6, 6.07) is 11.4. The van der Waals surface area contributed by atoms with Crippen molar-refractivity contribution in [2.24, 2.45) is 0 Å². The molecule has 7 nitrogen and oxygen atoms in total. The van der Waals surface area contributed by atoms with E-state index in [4.69, 9.17) is 10.8 Å². The van der Waals surface area contributed by atoms with Crippen molar-refractivity contribution in [3.63, 3.8) is 0 Å². The summed E-state index contributed by atoms with van der Waals surface area (Å²) in [4.78, 5) is 26.9. The predicted octanol–water partition coefficient (Wildman–Crippen LogP) is 4.72. The van der Waals surface area contributed by atoms with Crippen LogP contribution in [-0.4, -0.2) is 53.7 Å². The van der Waals surface area contributed by atoms with Gasteiger partial charge in [0.1, 0.15) is 24.5 Å². The van der Waals surface area contributed by atoms with Crippen LogP contribution in [0.5, 0.6) is 0 Å². The average Bonchev–Trinajstić information content (AvgIpc) is 3.24. The molecule has 0 aliphatic carbocycles. The summed E-state index contributed by atoms with van der Waals surface area (Å²) in [6.45, 7) is 3.29. The van der Waals surface area contributed by atoms with Crippen LogP contribution in [0.4, 0.5) is 17.6 Å². The van der Waals surface area contributed by atoms with E-state index in [9.17, 15) is 27.2 Å². The minimum atomic E-state index is -3.26. The Morgan fingerprint density at radius 3 is 2.38 bits per heavy atom. The normalized spacial score (nSPS) is 18.1. The monoisotopic (exact) mass is 520 g/mol. The number of rotatable bonds is 8. The van der Waals surface area contributed by atoms with Crippen LogP contribution in [0.2, 0.25) is 0 Å². The second-order valence-corrected chi connectivity index (χ2v) is 9.05. The zero-order valence-corrected chi connectivity index (χ0v) is 20.3. The van der Waals surface area contributed by atoms with Gasteiger partial charge in [0, 0.05) is 6.42 Å². The van der Waals surface area contributed by atoms with Crippen molar-refractivity contribution >= 4 is 23.6 Å². The molecule has 0 radical (unpaired) electrons. The quantitative estimate of drug-likeness (QED) is 0.266. The zero-order valence-electron chi connectivity index (χ0n) is 20.3. The lowest BCUT2D eigenvalue weighted by Gasteiger charge is -2.27. The number of carbonyl (C=O) groups excluding carboxylic acids is 2. The topological polar surface area (TPSA) is 106 Å². The number of likely N-dealkylation sites (tertiary alicyclic amines) is 1. The van der Waals surface area contributed by atoms with E-state index in [1.54, 1.807) is 42.5 Å². The van der Waals surface area contributed by atoms with E-state index in [2.05, 4.69) is 10.1 Å². The van der Waals surface area contributed by atoms with Gasteiger partial charge in [-0.3, -0.25) is 20.4 Å². The Kier molecular flexibility index (Phi) is 9.01. The number of halogens is 4. The highest BCUT2D eigenvalue weighted by molar-refractivity contribution is 6.02. The minimum absolute atomic E-state index is 0.0505. The van der Waals surface area contributed by atoms with Gasteiger partial charge in [-0.2, -0.15) is 8.78 Å². The molecular formula is C26H28F4N4O3. The molecule has 0 aromatic heterocycles. The van der Waals surface area contributed by atoms with Crippen molar-refractivity contribution in [3.05, 3.63) is 71.0 Å². The minimum Gasteiger partial charge on any atom is -0.423 e. The fourth-order valence-corrected chi connectivity index (χ4v) is 4.20. The summed E-state index contributed by atoms with van der Waals surface area (Å²) < 4.78 is 58.4. The van der Waals surface area contributed by atoms with Crippen molar-refractivity contribution in [2.45, 2.75) is 57.3 Å². The highest BCUT2D eigenvalue weighted by Crippen LogP contribution is 2.28. The third-order valence-electron chi connectivity index (χ3n) is 6.02. The molecule has 1 fully saturated rings. The van der Waals surface area contributed by atoms with Crippen LogP contribution in [0.3, 0.4) is 0 Å². The van der Waals surface area contributed by atoms with Crippen molar-refractivity contribution < 1.29 is 31.9 Å². The summed E-state index contributed by atoms with van der Waals surface area (Å²) >= 11 is 0. The number of hydrogen-bond acceptors (Lipinski definition) is 5. The van der Waals surface area contributed by atoms with Crippen LogP contribution in [-0.2, 0) is 14.3 Å². The smallest absolute Gasteiger partial charge is 0.312 e. The van der Waals surface area contributed by atoms with Gasteiger partial charge >= 0.3 is 6.43 Å². The number of amides is 2. The highest BCUT2D eigenvalue weighted by atomic mass is 19.3. The fraction of sp³-hybridized carbons (Fsp3) is 0.385. The first kappa shape index (κ1) is 27.8. The molecule has 2 aromatic rings. The van der Waals surface area contributed by atoms with Crippen LogP contribution in [0.1, 0.15) is 55.3 Å². The van der Waals surface area contributed by atoms with E-state index in [1.165, 1.54) is 6.07 Å². The van der Waals surface area contributed by atoms with Crippen LogP contribution in [0.15, 0.2) is 48.5 Å². The average molecular weight is 521 g/mol. The van der Waals surface area contributed by atoms with Gasteiger partial charge in [0.25, 0.3) is 5.90 Å². The summed E-state index contributed by atoms with van der Waals surface area (Å²) in [5, 5.41) is 17.3. The SMILES string of the molecule is CC(C)c1ccc([C@@H](NC(=O)[C@@H]2C[C@@H](F)CN2C(=O)CC(=N)OC(=N)C(F)F)c2ccccc2)cc1F. The Morgan fingerprint density at radius 1 is 1.11 bits per heavy atom. The van der Waals surface area contributed by atoms with Crippen LogP contribution >= 0.6 is 0 Å². The van der Waals surface area contributed by atoms with Gasteiger partial charge in [-0.1, -0.05) is 56.3 Å². The van der Waals surface area contributed by atoms with Gasteiger partial charge < -0.3 is 15.0 Å². The first-order valence-corrected chi connectivity index (χ1v) is 11.7. The highest BCUT2D eigenvalue weighted by Gasteiger charge is 2.41. The molecule has 2 aromatic carbocycles. The molecule has 1 saturated heterocycles. The van der Waals surface area contributed by atoms with Crippen molar-refractivity contribution in [3.8, 4) is 0 Å². The molecule has 3 rings (SSSR count). The molecule has 3 atom stereocenters. The number of alkyl halides is 3. The Bertz CT molecular complexity index is 1160. The van der Waals surface area contributed by atoms with E-state index >= 15 is 0 Å². The fourth-order valence-electron chi connectivity index (χ4n) is 4.20. The van der Waals surface area contributed by atoms with E-state index in [1.807, 2.05) is 13.8 Å². The van der Waals surface area contributed by atoms with Gasteiger partial charge in [0.05, 0.1) is 12.6 Å². The molecule has 198 valence electrons. The Hall–Kier alpha value is -3.76. The first-order chi connectivity index (χ1) is 17.5. The molecule has 1 heterocycles. The zero-order chi connectivity index (χ0) is 27.3. The molecule has 3 N–H and O–H groups in total. The maximum Gasteiger partial charge on any atom is 0.312 e. The van der Waals surface area contributed by atoms with E-state index in [0.29, 0.717) is 16.7 Å². The standard InChI is InChI=1S/C26H28F4N4O3/c1-14(2)18-9-8-16(10-19(18)28)23(15-6-4-3-5-7-15)33-26(36)20-11-17(27)13-34(20)22(35)12-21(31)37-25(32)24(29)30/h3-10,14,17,20,23-24,31-32H,11-13H2,1-2H3,(H,33,36)/t17-,20+,23+/m1/s1. The maximum atomic E-state index is 14.8. The van der Waals surface area contributed by atoms with E-state index < -0.39 is 67.1 Å². The van der Waals surface area contributed by atoms with Crippen LogP contribution in [0, 0.1) is 16.6 Å². The Morgan fingerprint density at radius 2 is 1.78 bits per heavy atom. The molecule has 0 unspecified atom stereocenters. The molecule has 37 heavy (non-hydrogen) atoms. The summed E-state index contributed by atoms with van der Waals surface area (Å²) in [7, 11) is 0. The molecule has 0 spiro atoms. The van der Waals surface area contributed by atoms with E-state index in [-0.39, 0.29) is 12.3 Å². The van der Waals surface area contributed by atoms with Gasteiger partial charge in [-0.05, 0) is 28.7 Å². The Labute approximate surface area is 211 Å². The molecule has 1 aliphatic heterocycles. The van der Waals surface area contributed by atoms with Crippen molar-refractivity contribution in [2.75, 3.05) is 6.54 Å². The number of hydrogen-bond donors (Lipinski definition) is 3. The molecule has 1 aliphatic rings. The lowest BCUT2D eigenvalue weighted by Crippen LogP contribution is -2.47. The Balaban J connectivity index is 1.81. The molecule has 2 amide bonds. The number of carbonyl (C=O) groups is 2. The molecule has 0 bridgehead atoms. The van der Waals surface area contributed by atoms with Gasteiger partial charge in [-0.25, -0.2) is 8.78 Å². The lowest BCUT2D eigenvalue weighted by molar-refractivity contribution is -0.138. The number of nitrogens with one attached hydrogen (secondary N) is 3. The van der Waals surface area contributed by atoms with Crippen molar-refractivity contribution in [1.82, 2.24) is 10.2 Å². The lowest BCUT2D eigenvalue weighted by atomic mass is 9.94. The molecule has 11 heteroatoms. The first-order valence-electron chi connectivity index (χ1n) is 11.7. The van der Waals surface area contributed by atoms with Gasteiger partial charge in [0.15, 0.2) is 5.90 Å². The summed E-state index contributed by atoms with van der Waals surface area (Å²) in [5.74, 6) is -4.46. The second kappa shape index (κ2) is 12.0. The molecular weight excluding hydrogens is 492 g/mol. The van der Waals surface area contributed by atoms with Crippen LogP contribution in [0.25, 0.3) is 0 Å². The van der Waals surface area contributed by atoms with Crippen molar-refractivity contribution in [1.29, 1.82) is 10.8 Å². The number of ether oxygens (including phenoxy) is 1.